The highest BCUT2D eigenvalue weighted by Crippen LogP contribution is 2.30. The molecular weight excluding hydrogens is 444 g/mol. The molecule has 2 aromatic carbocycles. The number of rotatable bonds is 11. The molecule has 4 rings (SSSR count). The predicted molar refractivity (Wildman–Crippen MR) is 142 cm³/mol. The van der Waals surface area contributed by atoms with Crippen LogP contribution in [0.15, 0.2) is 58.8 Å². The first-order valence-electron chi connectivity index (χ1n) is 11.7. The summed E-state index contributed by atoms with van der Waals surface area (Å²) in [5.74, 6) is 1.31. The molecule has 7 heteroatoms. The van der Waals surface area contributed by atoms with Crippen LogP contribution in [-0.2, 0) is 22.6 Å². The molecule has 0 atom stereocenters. The Labute approximate surface area is 205 Å². The second-order valence-electron chi connectivity index (χ2n) is 8.29. The number of nitrogens with two attached hydrogens (primary N) is 1. The highest BCUT2D eigenvalue weighted by molar-refractivity contribution is 8.02. The maximum absolute atomic E-state index is 6.38. The van der Waals surface area contributed by atoms with Crippen LogP contribution < -0.4 is 5.73 Å². The van der Waals surface area contributed by atoms with Crippen molar-refractivity contribution in [3.8, 4) is 0 Å². The number of hydrogen-bond donors (Lipinski definition) is 1. The molecule has 0 aliphatic carbocycles. The summed E-state index contributed by atoms with van der Waals surface area (Å²) in [6.07, 6.45) is 3.19. The van der Waals surface area contributed by atoms with E-state index in [2.05, 4.69) is 65.2 Å². The molecule has 0 radical (unpaired) electrons. The molecule has 0 saturated carbocycles. The zero-order valence-electron chi connectivity index (χ0n) is 20.0. The van der Waals surface area contributed by atoms with Gasteiger partial charge in [0.25, 0.3) is 0 Å². The first kappa shape index (κ1) is 24.3. The van der Waals surface area contributed by atoms with E-state index in [0.717, 1.165) is 46.3 Å². The van der Waals surface area contributed by atoms with Gasteiger partial charge in [-0.1, -0.05) is 42.1 Å². The van der Waals surface area contributed by atoms with Crippen LogP contribution >= 0.6 is 11.8 Å². The maximum atomic E-state index is 6.38. The van der Waals surface area contributed by atoms with Crippen molar-refractivity contribution in [3.63, 3.8) is 0 Å². The van der Waals surface area contributed by atoms with Crippen molar-refractivity contribution in [3.05, 3.63) is 65.3 Å². The van der Waals surface area contributed by atoms with Crippen molar-refractivity contribution in [1.82, 2.24) is 14.5 Å². The first-order chi connectivity index (χ1) is 16.6. The van der Waals surface area contributed by atoms with E-state index in [4.69, 9.17) is 20.2 Å². The van der Waals surface area contributed by atoms with Gasteiger partial charge in [0.2, 0.25) is 0 Å². The molecule has 178 valence electrons. The number of hydrogen-bond acceptors (Lipinski definition) is 6. The third kappa shape index (κ3) is 5.78. The number of anilines is 1. The summed E-state index contributed by atoms with van der Waals surface area (Å²) in [4.78, 5) is 10.7. The number of imidazole rings is 1. The van der Waals surface area contributed by atoms with Gasteiger partial charge in [-0.15, -0.1) is 0 Å². The molecule has 0 fully saturated rings. The molecular formula is C27H32N4O2S. The number of benzene rings is 2. The molecule has 34 heavy (non-hydrogen) atoms. The quantitative estimate of drug-likeness (QED) is 0.203. The van der Waals surface area contributed by atoms with Gasteiger partial charge in [-0.3, -0.25) is 0 Å². The number of pyridine rings is 1. The maximum Gasteiger partial charge on any atom is 0.152 e. The third-order valence-corrected chi connectivity index (χ3v) is 6.24. The Bertz CT molecular complexity index is 1270. The summed E-state index contributed by atoms with van der Waals surface area (Å²) < 4.78 is 13.7. The fourth-order valence-electron chi connectivity index (χ4n) is 3.85. The fraction of sp³-hybridized carbons (Fsp3) is 0.333. The van der Waals surface area contributed by atoms with Crippen LogP contribution in [0.25, 0.3) is 28.0 Å². The van der Waals surface area contributed by atoms with Gasteiger partial charge in [-0.05, 0) is 62.4 Å². The molecule has 0 saturated heterocycles. The van der Waals surface area contributed by atoms with Gasteiger partial charge in [0.1, 0.15) is 17.9 Å². The molecule has 0 aliphatic rings. The van der Waals surface area contributed by atoms with Gasteiger partial charge in [-0.25, -0.2) is 9.97 Å². The molecule has 0 unspecified atom stereocenters. The minimum absolute atomic E-state index is 0.217. The van der Waals surface area contributed by atoms with Gasteiger partial charge in [0, 0.05) is 30.0 Å². The molecule has 2 heterocycles. The number of aromatic nitrogens is 3. The molecule has 0 aliphatic heterocycles. The summed E-state index contributed by atoms with van der Waals surface area (Å²) in [7, 11) is 0. The van der Waals surface area contributed by atoms with Crippen molar-refractivity contribution in [2.24, 2.45) is 0 Å². The van der Waals surface area contributed by atoms with E-state index in [1.54, 1.807) is 11.8 Å². The van der Waals surface area contributed by atoms with E-state index in [0.29, 0.717) is 25.6 Å². The standard InChI is InChI=1S/C27H32N4O2S/c1-4-32-18-24-30-25-26(31(24)14-8-15-33-19(2)3)22-12-11-20(17-23(22)29-27(25)28)13-16-34-21-9-6-5-7-10-21/h5-7,9-13,16-17,19H,4,8,14-15,18H2,1-3H3,(H2,28,29). The number of aryl methyl sites for hydroxylation is 1. The van der Waals surface area contributed by atoms with Crippen molar-refractivity contribution < 1.29 is 9.47 Å². The van der Waals surface area contributed by atoms with Crippen molar-refractivity contribution >= 4 is 45.6 Å². The van der Waals surface area contributed by atoms with Gasteiger partial charge in [-0.2, -0.15) is 0 Å². The molecule has 6 nitrogen and oxygen atoms in total. The van der Waals surface area contributed by atoms with Crippen LogP contribution in [0.5, 0.6) is 0 Å². The topological polar surface area (TPSA) is 75.2 Å². The van der Waals surface area contributed by atoms with Crippen LogP contribution in [0.2, 0.25) is 0 Å². The van der Waals surface area contributed by atoms with Gasteiger partial charge >= 0.3 is 0 Å². The Morgan fingerprint density at radius 3 is 2.71 bits per heavy atom. The van der Waals surface area contributed by atoms with Crippen molar-refractivity contribution in [2.75, 3.05) is 18.9 Å². The van der Waals surface area contributed by atoms with E-state index >= 15 is 0 Å². The molecule has 0 spiro atoms. The summed E-state index contributed by atoms with van der Waals surface area (Å²) >= 11 is 1.69. The lowest BCUT2D eigenvalue weighted by Gasteiger charge is -2.12. The fourth-order valence-corrected chi connectivity index (χ4v) is 4.55. The van der Waals surface area contributed by atoms with Gasteiger partial charge in [0.05, 0.1) is 17.1 Å². The Balaban J connectivity index is 1.67. The predicted octanol–water partition coefficient (Wildman–Crippen LogP) is 6.28. The summed E-state index contributed by atoms with van der Waals surface area (Å²) in [6, 6.07) is 16.6. The highest BCUT2D eigenvalue weighted by Gasteiger charge is 2.17. The number of thioether (sulfide) groups is 1. The summed E-state index contributed by atoms with van der Waals surface area (Å²) in [6.45, 7) is 8.63. The van der Waals surface area contributed by atoms with E-state index in [-0.39, 0.29) is 6.10 Å². The Hall–Kier alpha value is -2.87. The zero-order chi connectivity index (χ0) is 23.9. The second-order valence-corrected chi connectivity index (χ2v) is 9.27. The number of nitrogens with zero attached hydrogens (tertiary/aromatic N) is 3. The van der Waals surface area contributed by atoms with Crippen LogP contribution in [0.4, 0.5) is 5.82 Å². The van der Waals surface area contributed by atoms with Crippen molar-refractivity contribution in [2.45, 2.75) is 51.3 Å². The first-order valence-corrected chi connectivity index (χ1v) is 12.6. The molecule has 4 aromatic rings. The number of nitrogen functional groups attached to an aromatic ring is 1. The lowest BCUT2D eigenvalue weighted by molar-refractivity contribution is 0.0742. The Morgan fingerprint density at radius 2 is 1.94 bits per heavy atom. The third-order valence-electron chi connectivity index (χ3n) is 5.43. The average molecular weight is 477 g/mol. The molecule has 0 bridgehead atoms. The zero-order valence-corrected chi connectivity index (χ0v) is 20.8. The Morgan fingerprint density at radius 1 is 1.12 bits per heavy atom. The molecule has 0 amide bonds. The highest BCUT2D eigenvalue weighted by atomic mass is 32.2. The number of ether oxygens (including phenoxy) is 2. The summed E-state index contributed by atoms with van der Waals surface area (Å²) in [5.41, 5.74) is 10.1. The lowest BCUT2D eigenvalue weighted by Crippen LogP contribution is -2.10. The second kappa shape index (κ2) is 11.5. The summed E-state index contributed by atoms with van der Waals surface area (Å²) in [5, 5.41) is 3.13. The average Bonchev–Trinajstić information content (AvgIpc) is 3.20. The van der Waals surface area contributed by atoms with Crippen LogP contribution in [0.1, 0.15) is 38.6 Å². The van der Waals surface area contributed by atoms with E-state index in [9.17, 15) is 0 Å². The van der Waals surface area contributed by atoms with Crippen LogP contribution in [0.3, 0.4) is 0 Å². The largest absolute Gasteiger partial charge is 0.382 e. The van der Waals surface area contributed by atoms with E-state index in [1.165, 1.54) is 4.90 Å². The van der Waals surface area contributed by atoms with Gasteiger partial charge in [0.15, 0.2) is 5.82 Å². The van der Waals surface area contributed by atoms with E-state index in [1.807, 2.05) is 25.1 Å². The monoisotopic (exact) mass is 476 g/mol. The van der Waals surface area contributed by atoms with E-state index < -0.39 is 0 Å². The van der Waals surface area contributed by atoms with Crippen LogP contribution in [0, 0.1) is 0 Å². The Kier molecular flexibility index (Phi) is 8.21. The minimum atomic E-state index is 0.217. The van der Waals surface area contributed by atoms with Gasteiger partial charge < -0.3 is 19.8 Å². The molecule has 2 aromatic heterocycles. The van der Waals surface area contributed by atoms with Crippen LogP contribution in [-0.4, -0.2) is 33.9 Å². The SMILES string of the molecule is CCOCc1nc2c(N)nc3cc(C=CSc4ccccc4)ccc3c2n1CCCOC(C)C. The number of fused-ring (bicyclic) bond motifs is 3. The normalized spacial score (nSPS) is 12.0. The smallest absolute Gasteiger partial charge is 0.152 e. The lowest BCUT2D eigenvalue weighted by atomic mass is 10.1. The minimum Gasteiger partial charge on any atom is -0.382 e. The molecule has 2 N–H and O–H groups in total. The van der Waals surface area contributed by atoms with Crippen molar-refractivity contribution in [1.29, 1.82) is 0 Å².